The Labute approximate surface area is 203 Å². The molecule has 0 unspecified atom stereocenters. The molecule has 6 nitrogen and oxygen atoms in total. The Morgan fingerprint density at radius 2 is 1.94 bits per heavy atom. The van der Waals surface area contributed by atoms with Crippen LogP contribution in [0.1, 0.15) is 51.4 Å². The second-order valence-corrected chi connectivity index (χ2v) is 9.08. The van der Waals surface area contributed by atoms with Gasteiger partial charge in [0.1, 0.15) is 5.82 Å². The van der Waals surface area contributed by atoms with E-state index in [1.165, 1.54) is 4.68 Å². The summed E-state index contributed by atoms with van der Waals surface area (Å²) in [4.78, 5) is 18.0. The molecular formula is C23H25BrIN3O3. The third kappa shape index (κ3) is 5.28. The van der Waals surface area contributed by atoms with Crippen LogP contribution in [-0.4, -0.2) is 29.1 Å². The molecule has 2 aromatic carbocycles. The molecule has 0 fully saturated rings. The zero-order chi connectivity index (χ0) is 22.5. The summed E-state index contributed by atoms with van der Waals surface area (Å²) in [5, 5.41) is 5.07. The first-order chi connectivity index (χ1) is 14.9. The molecule has 31 heavy (non-hydrogen) atoms. The van der Waals surface area contributed by atoms with Gasteiger partial charge in [0.2, 0.25) is 0 Å². The van der Waals surface area contributed by atoms with Crippen molar-refractivity contribution in [3.8, 4) is 11.5 Å². The van der Waals surface area contributed by atoms with E-state index in [4.69, 9.17) is 14.5 Å². The number of rotatable bonds is 8. The number of halogens is 2. The highest BCUT2D eigenvalue weighted by atomic mass is 127. The smallest absolute Gasteiger partial charge is 0.282 e. The summed E-state index contributed by atoms with van der Waals surface area (Å²) < 4.78 is 14.6. The Hall–Kier alpha value is -1.94. The van der Waals surface area contributed by atoms with Crippen LogP contribution in [0.3, 0.4) is 0 Å². The van der Waals surface area contributed by atoms with E-state index < -0.39 is 0 Å². The Kier molecular flexibility index (Phi) is 8.10. The van der Waals surface area contributed by atoms with Gasteiger partial charge in [-0.1, -0.05) is 29.8 Å². The zero-order valence-corrected chi connectivity index (χ0v) is 21.7. The lowest BCUT2D eigenvalue weighted by Gasteiger charge is -2.15. The number of hydrogen-bond donors (Lipinski definition) is 0. The number of aromatic nitrogens is 2. The van der Waals surface area contributed by atoms with E-state index in [1.54, 1.807) is 12.3 Å². The number of ether oxygens (including phenoxy) is 2. The molecule has 8 heteroatoms. The highest BCUT2D eigenvalue weighted by Gasteiger charge is 2.16. The highest BCUT2D eigenvalue weighted by Crippen LogP contribution is 2.34. The fourth-order valence-electron chi connectivity index (χ4n) is 3.11. The largest absolute Gasteiger partial charge is 0.490 e. The Morgan fingerprint density at radius 1 is 1.19 bits per heavy atom. The predicted octanol–water partition coefficient (Wildman–Crippen LogP) is 5.96. The minimum absolute atomic E-state index is 0.0809. The molecule has 0 saturated heterocycles. The molecule has 3 aromatic rings. The van der Waals surface area contributed by atoms with Crippen LogP contribution in [0.2, 0.25) is 0 Å². The van der Waals surface area contributed by atoms with Crippen LogP contribution in [0.4, 0.5) is 0 Å². The molecule has 1 aromatic heterocycles. The minimum Gasteiger partial charge on any atom is -0.490 e. The molecule has 0 bridgehead atoms. The first kappa shape index (κ1) is 23.7. The van der Waals surface area contributed by atoms with E-state index in [0.29, 0.717) is 35.7 Å². The summed E-state index contributed by atoms with van der Waals surface area (Å²) in [5.41, 5.74) is 1.29. The summed E-state index contributed by atoms with van der Waals surface area (Å²) in [5.74, 6) is 2.10. The third-order valence-electron chi connectivity index (χ3n) is 4.83. The van der Waals surface area contributed by atoms with Crippen molar-refractivity contribution in [2.75, 3.05) is 13.2 Å². The van der Waals surface area contributed by atoms with E-state index in [9.17, 15) is 4.79 Å². The van der Waals surface area contributed by atoms with Gasteiger partial charge in [-0.15, -0.1) is 0 Å². The monoisotopic (exact) mass is 597 g/mol. The van der Waals surface area contributed by atoms with E-state index in [2.05, 4.69) is 50.5 Å². The van der Waals surface area contributed by atoms with Gasteiger partial charge in [-0.25, -0.2) is 4.98 Å². The van der Waals surface area contributed by atoms with E-state index in [0.717, 1.165) is 25.8 Å². The second kappa shape index (κ2) is 10.6. The average Bonchev–Trinajstić information content (AvgIpc) is 2.75. The normalized spacial score (nSPS) is 12.5. The van der Waals surface area contributed by atoms with Crippen LogP contribution in [0.5, 0.6) is 11.5 Å². The van der Waals surface area contributed by atoms with Crippen LogP contribution < -0.4 is 15.0 Å². The van der Waals surface area contributed by atoms with Crippen molar-refractivity contribution in [3.05, 3.63) is 60.1 Å². The van der Waals surface area contributed by atoms with E-state index in [-0.39, 0.29) is 11.5 Å². The van der Waals surface area contributed by atoms with Crippen LogP contribution in [0, 0.1) is 3.57 Å². The molecule has 0 spiro atoms. The lowest BCUT2D eigenvalue weighted by Crippen LogP contribution is -2.23. The Balaban J connectivity index is 2.14. The van der Waals surface area contributed by atoms with Crippen LogP contribution >= 0.6 is 38.5 Å². The Morgan fingerprint density at radius 3 is 2.61 bits per heavy atom. The molecule has 1 atom stereocenters. The topological polar surface area (TPSA) is 65.7 Å². The maximum absolute atomic E-state index is 13.3. The summed E-state index contributed by atoms with van der Waals surface area (Å²) >= 11 is 5.66. The number of nitrogens with zero attached hydrogens (tertiary/aromatic N) is 3. The van der Waals surface area contributed by atoms with Crippen molar-refractivity contribution in [3.63, 3.8) is 0 Å². The fraction of sp³-hybridized carbons (Fsp3) is 0.348. The molecule has 0 N–H and O–H groups in total. The average molecular weight is 598 g/mol. The quantitative estimate of drug-likeness (QED) is 0.237. The van der Waals surface area contributed by atoms with Gasteiger partial charge in [-0.3, -0.25) is 4.79 Å². The van der Waals surface area contributed by atoms with Crippen LogP contribution in [-0.2, 0) is 0 Å². The van der Waals surface area contributed by atoms with Gasteiger partial charge in [0.15, 0.2) is 11.5 Å². The maximum atomic E-state index is 13.3. The van der Waals surface area contributed by atoms with Crippen molar-refractivity contribution in [1.82, 2.24) is 9.66 Å². The van der Waals surface area contributed by atoms with Crippen molar-refractivity contribution >= 4 is 55.6 Å². The van der Waals surface area contributed by atoms with Gasteiger partial charge in [0.25, 0.3) is 5.56 Å². The molecule has 0 radical (unpaired) electrons. The fourth-order valence-corrected chi connectivity index (χ4v) is 4.26. The summed E-state index contributed by atoms with van der Waals surface area (Å²) in [7, 11) is 0. The second-order valence-electron chi connectivity index (χ2n) is 7.00. The van der Waals surface area contributed by atoms with Crippen LogP contribution in [0.15, 0.2) is 44.7 Å². The molecule has 0 aliphatic carbocycles. The number of benzene rings is 2. The molecule has 0 aliphatic rings. The first-order valence-corrected chi connectivity index (χ1v) is 12.1. The zero-order valence-electron chi connectivity index (χ0n) is 18.0. The molecule has 0 saturated carbocycles. The summed E-state index contributed by atoms with van der Waals surface area (Å²) in [6.07, 6.45) is 2.51. The molecule has 1 heterocycles. The van der Waals surface area contributed by atoms with Gasteiger partial charge in [-0.2, -0.15) is 9.78 Å². The van der Waals surface area contributed by atoms with Gasteiger partial charge in [-0.05, 0) is 78.8 Å². The highest BCUT2D eigenvalue weighted by molar-refractivity contribution is 14.1. The van der Waals surface area contributed by atoms with Crippen molar-refractivity contribution in [2.24, 2.45) is 5.10 Å². The summed E-state index contributed by atoms with van der Waals surface area (Å²) in [6, 6.07) is 9.35. The van der Waals surface area contributed by atoms with Gasteiger partial charge >= 0.3 is 0 Å². The SMILES string of the molecule is CCOc1cc(C=Nn2c([C@@H](C)CC)nc3ccc(Br)cc3c2=O)cc(I)c1OCC. The predicted molar refractivity (Wildman–Crippen MR) is 137 cm³/mol. The lowest BCUT2D eigenvalue weighted by atomic mass is 10.1. The number of hydrogen-bond acceptors (Lipinski definition) is 5. The van der Waals surface area contributed by atoms with Crippen molar-refractivity contribution in [1.29, 1.82) is 0 Å². The third-order valence-corrected chi connectivity index (χ3v) is 6.12. The van der Waals surface area contributed by atoms with Crippen molar-refractivity contribution in [2.45, 2.75) is 40.0 Å². The minimum atomic E-state index is -0.191. The maximum Gasteiger partial charge on any atom is 0.282 e. The Bertz CT molecular complexity index is 1180. The molecule has 164 valence electrons. The standard InChI is InChI=1S/C23H25BrIN3O3/c1-5-14(4)22-27-19-9-8-16(24)12-17(19)23(29)28(22)26-13-15-10-18(25)21(31-7-3)20(11-15)30-6-2/h8-14H,5-7H2,1-4H3/t14-/m0/s1. The van der Waals surface area contributed by atoms with Crippen molar-refractivity contribution < 1.29 is 9.47 Å². The molecule has 0 amide bonds. The van der Waals surface area contributed by atoms with E-state index in [1.807, 2.05) is 45.0 Å². The van der Waals surface area contributed by atoms with Crippen LogP contribution in [0.25, 0.3) is 10.9 Å². The molecule has 0 aliphatic heterocycles. The lowest BCUT2D eigenvalue weighted by molar-refractivity contribution is 0.286. The van der Waals surface area contributed by atoms with Gasteiger partial charge < -0.3 is 9.47 Å². The first-order valence-electron chi connectivity index (χ1n) is 10.2. The summed E-state index contributed by atoms with van der Waals surface area (Å²) in [6.45, 7) is 9.06. The molecule has 3 rings (SSSR count). The van der Waals surface area contributed by atoms with E-state index >= 15 is 0 Å². The van der Waals surface area contributed by atoms with Gasteiger partial charge in [0, 0.05) is 10.4 Å². The molecular weight excluding hydrogens is 573 g/mol. The number of fused-ring (bicyclic) bond motifs is 1. The van der Waals surface area contributed by atoms with Gasteiger partial charge in [0.05, 0.1) is 33.9 Å².